The second-order valence-electron chi connectivity index (χ2n) is 32.5. The fourth-order valence-electron chi connectivity index (χ4n) is 21.9. The first-order valence-electron chi connectivity index (χ1n) is 35.2. The van der Waals surface area contributed by atoms with Crippen molar-refractivity contribution in [3.63, 3.8) is 0 Å². The van der Waals surface area contributed by atoms with Gasteiger partial charge in [-0.1, -0.05) is 92.5 Å². The Hall–Kier alpha value is 0.468. The molecule has 0 aromatic heterocycles. The molecule has 0 bridgehead atoms. The van der Waals surface area contributed by atoms with Crippen LogP contribution in [0, 0.1) is 80.8 Å². The van der Waals surface area contributed by atoms with Gasteiger partial charge >= 0.3 is 0 Å². The number of nitrogens with zero attached hydrogens (tertiary/aromatic N) is 1. The van der Waals surface area contributed by atoms with E-state index in [1.165, 1.54) is 82.1 Å². The molecule has 1 amide bonds. The molecule has 0 spiro atoms. The summed E-state index contributed by atoms with van der Waals surface area (Å²) in [4.78, 5) is 31.6. The number of aliphatic hydroxyl groups is 2. The van der Waals surface area contributed by atoms with Crippen molar-refractivity contribution in [1.29, 1.82) is 0 Å². The van der Waals surface area contributed by atoms with Gasteiger partial charge in [0.15, 0.2) is 5.78 Å². The largest absolute Gasteiger partial charge is 0.390 e. The summed E-state index contributed by atoms with van der Waals surface area (Å²) >= 11 is 15.1. The number of halogens is 3. The lowest BCUT2D eigenvalue weighted by atomic mass is 8.31. The lowest BCUT2D eigenvalue weighted by molar-refractivity contribution is -0.182. The third kappa shape index (κ3) is 18.6. The molecule has 32 radical (unpaired) electrons. The highest BCUT2D eigenvalue weighted by Gasteiger charge is 2.64. The third-order valence-corrected chi connectivity index (χ3v) is 27.7. The molecule has 8 saturated carbocycles. The van der Waals surface area contributed by atoms with Gasteiger partial charge in [0.1, 0.15) is 0 Å². The zero-order valence-electron chi connectivity index (χ0n) is 58.1. The molecular weight excluding hydrogens is 1250 g/mol. The van der Waals surface area contributed by atoms with Crippen LogP contribution in [0.5, 0.6) is 0 Å². The quantitative estimate of drug-likeness (QED) is 0.144. The van der Waals surface area contributed by atoms with E-state index in [0.29, 0.717) is 45.3 Å². The molecule has 8 aliphatic rings. The number of hydrogen-bond acceptors (Lipinski definition) is 5. The molecule has 2 aromatic rings. The molecule has 0 aliphatic heterocycles. The SMILES string of the molecule is C.CON(C)C(=O)[C@H]1CC[C@H]2[C@@H]3CC[C@H]4C[C@](C)(O)CC[C@]4(C)[C@H]3CC[C@]12C.C[C@@]1(O)CC[C@@]2(C)[C@@H](CC[C@@H]3[C@@H]2CC[C@]2(C)[C@@H](C(=O)c4cccc(Cl)c4)CC[C@@H]32)C1.Clc1cccc(Br)c1.[B]B([B])B(B([B])[B])B(B(B([B])[B])B([B])[B])B(B(B([B])[B])B([B])[B])B(B([B])[B])B([B])[B]. The van der Waals surface area contributed by atoms with Gasteiger partial charge in [-0.15, -0.1) is 0 Å². The molecule has 458 valence electrons. The Morgan fingerprint density at radius 1 is 0.469 bits per heavy atom. The van der Waals surface area contributed by atoms with Gasteiger partial charge in [-0.25, -0.2) is 5.06 Å². The first-order chi connectivity index (χ1) is 44.1. The van der Waals surface area contributed by atoms with E-state index in [9.17, 15) is 19.8 Å². The molecule has 96 heavy (non-hydrogen) atoms. The highest BCUT2D eigenvalue weighted by molar-refractivity contribution is 9.10. The number of carbonyl (C=O) groups is 2. The molecule has 0 saturated heterocycles. The highest BCUT2D eigenvalue weighted by Crippen LogP contribution is 2.70. The maximum Gasteiger partial charge on any atom is 0.249 e. The van der Waals surface area contributed by atoms with Crippen molar-refractivity contribution in [3.8, 4) is 0 Å². The molecule has 6 nitrogen and oxygen atoms in total. The Labute approximate surface area is 628 Å². The summed E-state index contributed by atoms with van der Waals surface area (Å²) in [7, 11) is 99.7. The average Bonchev–Trinajstić information content (AvgIpc) is 1.33. The molecular formula is C57H84B30BrCl2NO5. The first-order valence-corrected chi connectivity index (χ1v) is 36.7. The minimum absolute atomic E-state index is 0. The Kier molecular flexibility index (Phi) is 31.0. The molecule has 2 aromatic carbocycles. The number of fused-ring (bicyclic) bond motifs is 10. The molecule has 10 rings (SSSR count). The van der Waals surface area contributed by atoms with E-state index >= 15 is 0 Å². The first kappa shape index (κ1) is 85.4. The van der Waals surface area contributed by atoms with Crippen molar-refractivity contribution >= 4 is 264 Å². The maximum absolute atomic E-state index is 13.5. The third-order valence-electron chi connectivity index (χ3n) is 26.8. The maximum atomic E-state index is 13.5. The molecule has 8 aliphatic carbocycles. The van der Waals surface area contributed by atoms with Crippen LogP contribution in [0.1, 0.15) is 175 Å². The number of benzene rings is 2. The zero-order chi connectivity index (χ0) is 71.0. The minimum Gasteiger partial charge on any atom is -0.390 e. The number of hydrogen-bond donors (Lipinski definition) is 2. The fourth-order valence-corrected chi connectivity index (χ4v) is 22.8. The lowest BCUT2D eigenvalue weighted by Crippen LogP contribution is -2.88. The van der Waals surface area contributed by atoms with Gasteiger partial charge in [0.05, 0.1) is 18.3 Å². The second-order valence-corrected chi connectivity index (χ2v) is 34.3. The summed E-state index contributed by atoms with van der Waals surface area (Å²) in [5.74, 6) is 6.49. The normalized spacial score (nSPS) is 33.3. The summed E-state index contributed by atoms with van der Waals surface area (Å²) in [6.45, 7) is 14.0. The van der Waals surface area contributed by atoms with Crippen molar-refractivity contribution in [2.45, 2.75) is 176 Å². The summed E-state index contributed by atoms with van der Waals surface area (Å²) in [5.41, 5.74) is 0.886. The van der Waals surface area contributed by atoms with E-state index in [-0.39, 0.29) is 36.0 Å². The number of amides is 1. The summed E-state index contributed by atoms with van der Waals surface area (Å²) in [6.07, 6.45) is 6.89. The van der Waals surface area contributed by atoms with E-state index in [1.807, 2.05) is 62.4 Å². The van der Waals surface area contributed by atoms with Crippen LogP contribution < -0.4 is 0 Å². The van der Waals surface area contributed by atoms with Crippen molar-refractivity contribution in [2.24, 2.45) is 80.8 Å². The number of ketones is 1. The van der Waals surface area contributed by atoms with Crippen LogP contribution in [0.3, 0.4) is 0 Å². The molecule has 16 atom stereocenters. The van der Waals surface area contributed by atoms with Gasteiger partial charge in [0, 0.05) is 252 Å². The van der Waals surface area contributed by atoms with Crippen molar-refractivity contribution in [1.82, 2.24) is 5.06 Å². The number of hydroxylamine groups is 2. The van der Waals surface area contributed by atoms with E-state index in [1.54, 1.807) is 14.2 Å². The van der Waals surface area contributed by atoms with Gasteiger partial charge in [-0.3, -0.25) is 14.4 Å². The molecule has 8 fully saturated rings. The van der Waals surface area contributed by atoms with Crippen molar-refractivity contribution in [3.05, 3.63) is 68.6 Å². The highest BCUT2D eigenvalue weighted by atomic mass is 79.9. The summed E-state index contributed by atoms with van der Waals surface area (Å²) in [6, 6.07) is 15.1. The predicted octanol–water partition coefficient (Wildman–Crippen LogP) is 3.66. The van der Waals surface area contributed by atoms with Crippen LogP contribution in [0.25, 0.3) is 0 Å². The van der Waals surface area contributed by atoms with E-state index < -0.39 is 101 Å². The Morgan fingerprint density at radius 2 is 0.812 bits per heavy atom. The van der Waals surface area contributed by atoms with Gasteiger partial charge < -0.3 is 10.2 Å². The smallest absolute Gasteiger partial charge is 0.249 e. The summed E-state index contributed by atoms with van der Waals surface area (Å²) < 4.78 is 1.02. The number of Topliss-reactive ketones (excluding diaryl/α,β-unsaturated/α-hetero) is 1. The zero-order valence-corrected chi connectivity index (χ0v) is 61.2. The van der Waals surface area contributed by atoms with Crippen LogP contribution in [0.2, 0.25) is 10.0 Å². The fraction of sp³-hybridized carbons (Fsp3) is 0.754. The van der Waals surface area contributed by atoms with E-state index in [0.717, 1.165) is 77.3 Å². The molecule has 0 heterocycles. The van der Waals surface area contributed by atoms with Gasteiger partial charge in [-0.2, -0.15) is 0 Å². The van der Waals surface area contributed by atoms with Gasteiger partial charge in [-0.05, 0) is 229 Å². The lowest BCUT2D eigenvalue weighted by Gasteiger charge is -2.61. The van der Waals surface area contributed by atoms with Crippen LogP contribution in [0.15, 0.2) is 53.0 Å². The van der Waals surface area contributed by atoms with Crippen LogP contribution in [-0.2, 0) is 9.63 Å². The molecule has 2 N–H and O–H groups in total. The van der Waals surface area contributed by atoms with Gasteiger partial charge in [0.2, 0.25) is 5.91 Å². The second kappa shape index (κ2) is 34.8. The van der Waals surface area contributed by atoms with Gasteiger partial charge in [0.25, 0.3) is 0 Å². The van der Waals surface area contributed by atoms with E-state index in [4.69, 9.17) is 152 Å². The van der Waals surface area contributed by atoms with Crippen LogP contribution in [-0.4, -0.2) is 266 Å². The topological polar surface area (TPSA) is 87.1 Å². The standard InChI is InChI=1S/C27H37ClO2.C23H39NO3.C6H4BrCl.CH4.B30/c1-25(30)13-14-26(2)18(16-25)7-8-20-21-9-10-23(27(21,3)12-11-22(20)26)24(29)17-5-4-6-19(28)15-17;1-21(26)12-13-22(2)15(14-21)6-7-16-17-8-9-19(20(25)24(4)27-5)23(17,3)11-10-18(16)22;7-5-2-1-3-6(8)4-5;;1-17(2)25(18(3)4)29(26(19(5)6)20(7)8)30(27(21(9)10)22(11)12)28(23(13)14)24(15)16/h4-6,15,18,20-23,30H,7-14,16H2,1-3H3;15-19,26H,6-14H2,1-5H3;1-4H;1H4;/t18-,20-,21-,22-,23+,25+,26-,27-;15-,16-,17-,18-,19+,21+,22-,23-;;;/m00.../s1. The predicted molar refractivity (Wildman–Crippen MR) is 446 cm³/mol. The molecule has 0 unspecified atom stereocenters. The Balaban J connectivity index is 0.000000214. The number of carbonyl (C=O) groups excluding carboxylic acids is 2. The minimum atomic E-state index is -1.07. The van der Waals surface area contributed by atoms with E-state index in [2.05, 4.69) is 43.6 Å². The Morgan fingerprint density at radius 3 is 1.15 bits per heavy atom. The Bertz CT molecular complexity index is 2740. The van der Waals surface area contributed by atoms with Crippen LogP contribution in [0.4, 0.5) is 0 Å². The molecule has 39 heteroatoms. The average molecular weight is 1340 g/mol. The monoisotopic (exact) mass is 1340 g/mol. The van der Waals surface area contributed by atoms with Crippen LogP contribution >= 0.6 is 39.1 Å². The van der Waals surface area contributed by atoms with Crippen molar-refractivity contribution in [2.75, 3.05) is 14.2 Å². The van der Waals surface area contributed by atoms with Crippen molar-refractivity contribution < 1.29 is 24.6 Å². The number of rotatable bonds is 17. The summed E-state index contributed by atoms with van der Waals surface area (Å²) in [5, 5.41) is 24.2.